The molecule has 0 unspecified atom stereocenters. The standard InChI is InChI=1S/C17H22N2O3S2/c1-4-21-13-5-6-14-15(7-13)24-17(18-14)23-10-16(20)19-8-11(2)22-12(3)9-19/h5-7,11-12H,4,8-10H2,1-3H3/t11-,12-/m0/s1. The zero-order valence-corrected chi connectivity index (χ0v) is 15.8. The summed E-state index contributed by atoms with van der Waals surface area (Å²) >= 11 is 3.11. The van der Waals surface area contributed by atoms with Crippen molar-refractivity contribution in [3.8, 4) is 5.75 Å². The summed E-state index contributed by atoms with van der Waals surface area (Å²) in [7, 11) is 0. The molecule has 1 fully saturated rings. The monoisotopic (exact) mass is 366 g/mol. The molecule has 0 radical (unpaired) electrons. The minimum atomic E-state index is 0.0992. The van der Waals surface area contributed by atoms with E-state index in [0.29, 0.717) is 25.4 Å². The molecule has 0 aliphatic carbocycles. The van der Waals surface area contributed by atoms with Crippen LogP contribution in [0.15, 0.2) is 22.5 Å². The van der Waals surface area contributed by atoms with Crippen LogP contribution in [0.25, 0.3) is 10.2 Å². The Morgan fingerprint density at radius 1 is 1.42 bits per heavy atom. The Morgan fingerprint density at radius 2 is 2.17 bits per heavy atom. The number of thioether (sulfide) groups is 1. The van der Waals surface area contributed by atoms with Gasteiger partial charge in [0.25, 0.3) is 0 Å². The van der Waals surface area contributed by atoms with Gasteiger partial charge in [-0.15, -0.1) is 11.3 Å². The van der Waals surface area contributed by atoms with Gasteiger partial charge >= 0.3 is 0 Å². The molecule has 1 aromatic heterocycles. The number of fused-ring (bicyclic) bond motifs is 1. The molecule has 1 aromatic carbocycles. The average Bonchev–Trinajstić information content (AvgIpc) is 2.94. The van der Waals surface area contributed by atoms with Crippen LogP contribution in [0.5, 0.6) is 5.75 Å². The largest absolute Gasteiger partial charge is 0.494 e. The van der Waals surface area contributed by atoms with Crippen molar-refractivity contribution in [1.82, 2.24) is 9.88 Å². The Hall–Kier alpha value is -1.31. The third-order valence-electron chi connectivity index (χ3n) is 3.74. The predicted octanol–water partition coefficient (Wildman–Crippen LogP) is 3.42. The summed E-state index contributed by atoms with van der Waals surface area (Å²) in [5, 5.41) is 0. The van der Waals surface area contributed by atoms with Crippen molar-refractivity contribution in [2.75, 3.05) is 25.4 Å². The zero-order chi connectivity index (χ0) is 17.1. The van der Waals surface area contributed by atoms with E-state index in [1.807, 2.05) is 43.9 Å². The van der Waals surface area contributed by atoms with Gasteiger partial charge in [0.1, 0.15) is 5.75 Å². The summed E-state index contributed by atoms with van der Waals surface area (Å²) in [6.45, 7) is 7.97. The number of thiazole rings is 1. The maximum Gasteiger partial charge on any atom is 0.233 e. The topological polar surface area (TPSA) is 51.7 Å². The average molecular weight is 367 g/mol. The fraction of sp³-hybridized carbons (Fsp3) is 0.529. The van der Waals surface area contributed by atoms with E-state index < -0.39 is 0 Å². The van der Waals surface area contributed by atoms with Crippen LogP contribution in [0, 0.1) is 0 Å². The third-order valence-corrected chi connectivity index (χ3v) is 5.89. The highest BCUT2D eigenvalue weighted by molar-refractivity contribution is 8.01. The number of hydrogen-bond acceptors (Lipinski definition) is 6. The molecule has 24 heavy (non-hydrogen) atoms. The zero-order valence-electron chi connectivity index (χ0n) is 14.2. The second-order valence-electron chi connectivity index (χ2n) is 5.89. The SMILES string of the molecule is CCOc1ccc2nc(SCC(=O)N3C[C@H](C)O[C@@H](C)C3)sc2c1. The van der Waals surface area contributed by atoms with Gasteiger partial charge in [0.05, 0.1) is 34.8 Å². The van der Waals surface area contributed by atoms with Crippen LogP contribution < -0.4 is 4.74 Å². The molecule has 0 bridgehead atoms. The first-order chi connectivity index (χ1) is 11.5. The van der Waals surface area contributed by atoms with E-state index in [1.54, 1.807) is 11.3 Å². The van der Waals surface area contributed by atoms with Crippen molar-refractivity contribution in [2.45, 2.75) is 37.3 Å². The Balaban J connectivity index is 1.61. The molecule has 0 N–H and O–H groups in total. The van der Waals surface area contributed by atoms with Gasteiger partial charge in [-0.25, -0.2) is 4.98 Å². The lowest BCUT2D eigenvalue weighted by Gasteiger charge is -2.35. The number of amides is 1. The number of rotatable bonds is 5. The van der Waals surface area contributed by atoms with Crippen molar-refractivity contribution in [2.24, 2.45) is 0 Å². The quantitative estimate of drug-likeness (QED) is 0.759. The molecule has 0 saturated carbocycles. The van der Waals surface area contributed by atoms with Crippen LogP contribution in [-0.4, -0.2) is 53.4 Å². The van der Waals surface area contributed by atoms with Gasteiger partial charge in [-0.05, 0) is 39.0 Å². The van der Waals surface area contributed by atoms with E-state index in [1.165, 1.54) is 11.8 Å². The fourth-order valence-electron chi connectivity index (χ4n) is 2.80. The van der Waals surface area contributed by atoms with Crippen molar-refractivity contribution in [1.29, 1.82) is 0 Å². The van der Waals surface area contributed by atoms with E-state index >= 15 is 0 Å². The lowest BCUT2D eigenvalue weighted by atomic mass is 10.2. The first-order valence-corrected chi connectivity index (χ1v) is 9.94. The molecule has 3 rings (SSSR count). The molecule has 1 aliphatic heterocycles. The normalized spacial score (nSPS) is 21.2. The summed E-state index contributed by atoms with van der Waals surface area (Å²) < 4.78 is 13.2. The third kappa shape index (κ3) is 4.20. The van der Waals surface area contributed by atoms with Crippen molar-refractivity contribution < 1.29 is 14.3 Å². The molecule has 1 amide bonds. The van der Waals surface area contributed by atoms with E-state index in [4.69, 9.17) is 9.47 Å². The smallest absolute Gasteiger partial charge is 0.233 e. The second kappa shape index (κ2) is 7.72. The number of carbonyl (C=O) groups is 1. The summed E-state index contributed by atoms with van der Waals surface area (Å²) in [5.74, 6) is 1.42. The van der Waals surface area contributed by atoms with Crippen molar-refractivity contribution in [3.63, 3.8) is 0 Å². The number of morpholine rings is 1. The highest BCUT2D eigenvalue weighted by Gasteiger charge is 2.25. The Labute approximate surface area is 150 Å². The number of aromatic nitrogens is 1. The molecule has 130 valence electrons. The second-order valence-corrected chi connectivity index (χ2v) is 8.14. The Kier molecular flexibility index (Phi) is 5.63. The Bertz CT molecular complexity index is 709. The highest BCUT2D eigenvalue weighted by atomic mass is 32.2. The number of ether oxygens (including phenoxy) is 2. The van der Waals surface area contributed by atoms with Crippen LogP contribution in [0.4, 0.5) is 0 Å². The van der Waals surface area contributed by atoms with Gasteiger partial charge in [0.15, 0.2) is 4.34 Å². The van der Waals surface area contributed by atoms with Crippen LogP contribution in [0.2, 0.25) is 0 Å². The number of benzene rings is 1. The van der Waals surface area contributed by atoms with Gasteiger partial charge in [0, 0.05) is 13.1 Å². The summed E-state index contributed by atoms with van der Waals surface area (Å²) in [6, 6.07) is 5.91. The van der Waals surface area contributed by atoms with E-state index in [9.17, 15) is 4.79 Å². The summed E-state index contributed by atoms with van der Waals surface area (Å²) in [5.41, 5.74) is 0.951. The van der Waals surface area contributed by atoms with Gasteiger partial charge in [-0.1, -0.05) is 11.8 Å². The molecule has 7 heteroatoms. The summed E-state index contributed by atoms with van der Waals surface area (Å²) in [6.07, 6.45) is 0.198. The number of hydrogen-bond donors (Lipinski definition) is 0. The molecular weight excluding hydrogens is 344 g/mol. The molecule has 2 heterocycles. The van der Waals surface area contributed by atoms with E-state index in [-0.39, 0.29) is 18.1 Å². The van der Waals surface area contributed by atoms with Crippen molar-refractivity contribution in [3.05, 3.63) is 18.2 Å². The Morgan fingerprint density at radius 3 is 2.88 bits per heavy atom. The van der Waals surface area contributed by atoms with E-state index in [2.05, 4.69) is 4.98 Å². The van der Waals surface area contributed by atoms with Crippen LogP contribution in [-0.2, 0) is 9.53 Å². The van der Waals surface area contributed by atoms with Crippen LogP contribution >= 0.6 is 23.1 Å². The molecule has 2 aromatic rings. The predicted molar refractivity (Wildman–Crippen MR) is 98.1 cm³/mol. The fourth-order valence-corrected chi connectivity index (χ4v) is 4.80. The highest BCUT2D eigenvalue weighted by Crippen LogP contribution is 2.32. The minimum absolute atomic E-state index is 0.0992. The lowest BCUT2D eigenvalue weighted by Crippen LogP contribution is -2.48. The van der Waals surface area contributed by atoms with Gasteiger partial charge < -0.3 is 14.4 Å². The molecule has 1 saturated heterocycles. The number of nitrogens with zero attached hydrogens (tertiary/aromatic N) is 2. The van der Waals surface area contributed by atoms with E-state index in [0.717, 1.165) is 20.3 Å². The molecule has 1 aliphatic rings. The molecule has 2 atom stereocenters. The van der Waals surface area contributed by atoms with Crippen LogP contribution in [0.1, 0.15) is 20.8 Å². The molecule has 0 spiro atoms. The maximum atomic E-state index is 12.4. The van der Waals surface area contributed by atoms with Crippen LogP contribution in [0.3, 0.4) is 0 Å². The summed E-state index contributed by atoms with van der Waals surface area (Å²) in [4.78, 5) is 18.9. The van der Waals surface area contributed by atoms with Gasteiger partial charge in [-0.2, -0.15) is 0 Å². The number of carbonyl (C=O) groups excluding carboxylic acids is 1. The van der Waals surface area contributed by atoms with Gasteiger partial charge in [0.2, 0.25) is 5.91 Å². The molecular formula is C17H22N2O3S2. The minimum Gasteiger partial charge on any atom is -0.494 e. The van der Waals surface area contributed by atoms with Crippen molar-refractivity contribution >= 4 is 39.2 Å². The van der Waals surface area contributed by atoms with Gasteiger partial charge in [-0.3, -0.25) is 4.79 Å². The lowest BCUT2D eigenvalue weighted by molar-refractivity contribution is -0.140. The first-order valence-electron chi connectivity index (χ1n) is 8.14. The first kappa shape index (κ1) is 17.5. The maximum absolute atomic E-state index is 12.4. The molecule has 5 nitrogen and oxygen atoms in total.